The van der Waals surface area contributed by atoms with Gasteiger partial charge in [-0.15, -0.1) is 23.1 Å². The van der Waals surface area contributed by atoms with Crippen molar-refractivity contribution in [3.8, 4) is 0 Å². The van der Waals surface area contributed by atoms with Gasteiger partial charge in [-0.1, -0.05) is 61.0 Å². The molecule has 2 N–H and O–H groups in total. The summed E-state index contributed by atoms with van der Waals surface area (Å²) in [5.74, 6) is -0.855. The molecule has 0 radical (unpaired) electrons. The monoisotopic (exact) mass is 647 g/mol. The molecule has 1 unspecified atom stereocenters. The SMILES string of the molecule is CCOC(=O)c1c(NC(=O)C(CC)Sc2cccc(NC(=O)c3cccc(Cl)c3)c2)sc2c1CCN(Cc1ccccc1)C2. The highest BCUT2D eigenvalue weighted by atomic mass is 35.5. The van der Waals surface area contributed by atoms with Gasteiger partial charge in [0.15, 0.2) is 0 Å². The van der Waals surface area contributed by atoms with Crippen LogP contribution in [0.2, 0.25) is 5.02 Å². The zero-order chi connectivity index (χ0) is 31.1. The predicted octanol–water partition coefficient (Wildman–Crippen LogP) is 7.90. The lowest BCUT2D eigenvalue weighted by Gasteiger charge is -2.27. The Labute approximate surface area is 271 Å². The standard InChI is InChI=1S/C34H34ClN3O4S2/c1-3-28(43-26-15-9-14-25(19-26)36-31(39)23-12-8-13-24(35)18-23)32(40)37-33-30(34(41)42-4-2)27-16-17-38(21-29(27)44-33)20-22-10-6-5-7-11-22/h5-15,18-19,28H,3-4,16-17,20-21H2,1-2H3,(H,36,39)(H,37,40). The van der Waals surface area contributed by atoms with Crippen molar-refractivity contribution >= 4 is 63.2 Å². The van der Waals surface area contributed by atoms with Gasteiger partial charge < -0.3 is 15.4 Å². The molecule has 0 fully saturated rings. The van der Waals surface area contributed by atoms with Gasteiger partial charge >= 0.3 is 5.97 Å². The Kier molecular flexibility index (Phi) is 10.8. The molecule has 7 nitrogen and oxygen atoms in total. The summed E-state index contributed by atoms with van der Waals surface area (Å²) >= 11 is 8.91. The summed E-state index contributed by atoms with van der Waals surface area (Å²) in [6, 6.07) is 24.5. The van der Waals surface area contributed by atoms with Crippen LogP contribution in [0.5, 0.6) is 0 Å². The van der Waals surface area contributed by atoms with Crippen LogP contribution < -0.4 is 10.6 Å². The van der Waals surface area contributed by atoms with Gasteiger partial charge in [-0.3, -0.25) is 14.5 Å². The second-order valence-corrected chi connectivity index (χ2v) is 13.2. The van der Waals surface area contributed by atoms with Crippen LogP contribution in [-0.4, -0.2) is 41.1 Å². The molecule has 228 valence electrons. The lowest BCUT2D eigenvalue weighted by atomic mass is 10.0. The third-order valence-corrected chi connectivity index (χ3v) is 9.95. The Balaban J connectivity index is 1.29. The van der Waals surface area contributed by atoms with Gasteiger partial charge in [0.1, 0.15) is 5.00 Å². The van der Waals surface area contributed by atoms with Crippen LogP contribution in [-0.2, 0) is 29.0 Å². The zero-order valence-corrected chi connectivity index (χ0v) is 27.0. The highest BCUT2D eigenvalue weighted by Gasteiger charge is 2.31. The van der Waals surface area contributed by atoms with E-state index in [0.717, 1.165) is 28.4 Å². The van der Waals surface area contributed by atoms with Crippen molar-refractivity contribution in [3.05, 3.63) is 111 Å². The molecule has 0 saturated heterocycles. The molecule has 1 aliphatic rings. The molecule has 3 aromatic carbocycles. The first-order valence-electron chi connectivity index (χ1n) is 14.6. The quantitative estimate of drug-likeness (QED) is 0.127. The molecule has 0 aliphatic carbocycles. The summed E-state index contributed by atoms with van der Waals surface area (Å²) in [5, 5.41) is 6.58. The van der Waals surface area contributed by atoms with Gasteiger partial charge in [0.05, 0.1) is 17.4 Å². The van der Waals surface area contributed by atoms with Crippen LogP contribution in [0.3, 0.4) is 0 Å². The van der Waals surface area contributed by atoms with Gasteiger partial charge in [-0.05, 0) is 67.3 Å². The number of hydrogen-bond donors (Lipinski definition) is 2. The molecule has 1 aromatic heterocycles. The van der Waals surface area contributed by atoms with Crippen molar-refractivity contribution in [2.24, 2.45) is 0 Å². The molecule has 1 aliphatic heterocycles. The van der Waals surface area contributed by atoms with Crippen LogP contribution in [0, 0.1) is 0 Å². The maximum Gasteiger partial charge on any atom is 0.341 e. The summed E-state index contributed by atoms with van der Waals surface area (Å²) in [5.41, 5.74) is 3.76. The van der Waals surface area contributed by atoms with Crippen LogP contribution in [0.15, 0.2) is 83.8 Å². The number of thioether (sulfide) groups is 1. The first kappa shape index (κ1) is 31.8. The van der Waals surface area contributed by atoms with Crippen molar-refractivity contribution in [2.45, 2.75) is 49.9 Å². The summed E-state index contributed by atoms with van der Waals surface area (Å²) < 4.78 is 5.42. The molecule has 1 atom stereocenters. The van der Waals surface area contributed by atoms with Gasteiger partial charge in [-0.25, -0.2) is 4.79 Å². The van der Waals surface area contributed by atoms with Gasteiger partial charge in [0.25, 0.3) is 5.91 Å². The summed E-state index contributed by atoms with van der Waals surface area (Å²) in [7, 11) is 0. The van der Waals surface area contributed by atoms with E-state index in [1.54, 1.807) is 37.3 Å². The zero-order valence-electron chi connectivity index (χ0n) is 24.6. The summed E-state index contributed by atoms with van der Waals surface area (Å²) in [6.07, 6.45) is 1.28. The average Bonchev–Trinajstić information content (AvgIpc) is 3.37. The van der Waals surface area contributed by atoms with Crippen molar-refractivity contribution in [3.63, 3.8) is 0 Å². The van der Waals surface area contributed by atoms with Gasteiger partial charge in [-0.2, -0.15) is 0 Å². The number of amides is 2. The Morgan fingerprint density at radius 2 is 1.80 bits per heavy atom. The Hall–Kier alpha value is -3.63. The van der Waals surface area contributed by atoms with E-state index in [1.807, 2.05) is 43.3 Å². The van der Waals surface area contributed by atoms with Crippen molar-refractivity contribution in [1.29, 1.82) is 0 Å². The number of hydrogen-bond acceptors (Lipinski definition) is 7. The molecule has 2 heterocycles. The highest BCUT2D eigenvalue weighted by Crippen LogP contribution is 2.39. The minimum atomic E-state index is -0.419. The minimum absolute atomic E-state index is 0.184. The fraction of sp³-hybridized carbons (Fsp3) is 0.265. The number of carbonyl (C=O) groups excluding carboxylic acids is 3. The van der Waals surface area contributed by atoms with Crippen molar-refractivity contribution < 1.29 is 19.1 Å². The van der Waals surface area contributed by atoms with E-state index in [2.05, 4.69) is 27.7 Å². The number of anilines is 2. The largest absolute Gasteiger partial charge is 0.462 e. The van der Waals surface area contributed by atoms with Crippen LogP contribution >= 0.6 is 34.7 Å². The average molecular weight is 648 g/mol. The second kappa shape index (κ2) is 14.9. The Morgan fingerprint density at radius 1 is 1.00 bits per heavy atom. The highest BCUT2D eigenvalue weighted by molar-refractivity contribution is 8.00. The number of benzene rings is 3. The third kappa shape index (κ3) is 7.90. The van der Waals surface area contributed by atoms with Crippen LogP contribution in [0.1, 0.15) is 57.0 Å². The van der Waals surface area contributed by atoms with E-state index < -0.39 is 11.2 Å². The minimum Gasteiger partial charge on any atom is -0.462 e. The second-order valence-electron chi connectivity index (χ2n) is 10.4. The number of nitrogens with zero attached hydrogens (tertiary/aromatic N) is 1. The maximum absolute atomic E-state index is 13.6. The molecule has 0 saturated carbocycles. The fourth-order valence-electron chi connectivity index (χ4n) is 5.10. The number of nitrogens with one attached hydrogen (secondary N) is 2. The molecule has 4 aromatic rings. The van der Waals surface area contributed by atoms with E-state index in [4.69, 9.17) is 16.3 Å². The number of fused-ring (bicyclic) bond motifs is 1. The number of carbonyl (C=O) groups is 3. The molecular weight excluding hydrogens is 614 g/mol. The van der Waals surface area contributed by atoms with Crippen LogP contribution in [0.4, 0.5) is 10.7 Å². The lowest BCUT2D eigenvalue weighted by Crippen LogP contribution is -2.30. The van der Waals surface area contributed by atoms with E-state index >= 15 is 0 Å². The predicted molar refractivity (Wildman–Crippen MR) is 179 cm³/mol. The molecular formula is C34H34ClN3O4S2. The van der Waals surface area contributed by atoms with E-state index in [1.165, 1.54) is 28.7 Å². The number of esters is 1. The van der Waals surface area contributed by atoms with E-state index in [0.29, 0.717) is 46.2 Å². The number of halogens is 1. The molecule has 44 heavy (non-hydrogen) atoms. The number of rotatable bonds is 11. The summed E-state index contributed by atoms with van der Waals surface area (Å²) in [6.45, 7) is 6.34. The van der Waals surface area contributed by atoms with Crippen molar-refractivity contribution in [2.75, 3.05) is 23.8 Å². The normalized spacial score (nSPS) is 13.5. The molecule has 10 heteroatoms. The molecule has 2 amide bonds. The topological polar surface area (TPSA) is 87.7 Å². The maximum atomic E-state index is 13.6. The van der Waals surface area contributed by atoms with Gasteiger partial charge in [0, 0.05) is 45.7 Å². The Morgan fingerprint density at radius 3 is 2.55 bits per heavy atom. The molecule has 0 spiro atoms. The smallest absolute Gasteiger partial charge is 0.341 e. The molecule has 5 rings (SSSR count). The fourth-order valence-corrected chi connectivity index (χ4v) is 7.58. The van der Waals surface area contributed by atoms with E-state index in [-0.39, 0.29) is 18.4 Å². The summed E-state index contributed by atoms with van der Waals surface area (Å²) in [4.78, 5) is 43.7. The Bertz CT molecular complexity index is 1640. The number of thiophene rings is 1. The van der Waals surface area contributed by atoms with Gasteiger partial charge in [0.2, 0.25) is 5.91 Å². The molecule has 0 bridgehead atoms. The lowest BCUT2D eigenvalue weighted by molar-refractivity contribution is -0.115. The van der Waals surface area contributed by atoms with Crippen LogP contribution in [0.25, 0.3) is 0 Å². The van der Waals surface area contributed by atoms with E-state index in [9.17, 15) is 14.4 Å². The first-order valence-corrected chi connectivity index (χ1v) is 16.6. The number of ether oxygens (including phenoxy) is 1. The third-order valence-electron chi connectivity index (χ3n) is 7.22. The van der Waals surface area contributed by atoms with Crippen molar-refractivity contribution in [1.82, 2.24) is 4.90 Å². The first-order chi connectivity index (χ1) is 21.3.